The third-order valence-electron chi connectivity index (χ3n) is 5.40. The maximum atomic E-state index is 13.1. The van der Waals surface area contributed by atoms with Gasteiger partial charge in [-0.25, -0.2) is 0 Å². The van der Waals surface area contributed by atoms with Crippen molar-refractivity contribution in [2.24, 2.45) is 5.92 Å². The fourth-order valence-corrected chi connectivity index (χ4v) is 3.77. The van der Waals surface area contributed by atoms with Gasteiger partial charge in [-0.2, -0.15) is 5.10 Å². The van der Waals surface area contributed by atoms with Crippen LogP contribution in [0.3, 0.4) is 0 Å². The molecule has 2 aromatic rings. The van der Waals surface area contributed by atoms with Crippen molar-refractivity contribution in [3.05, 3.63) is 53.9 Å². The summed E-state index contributed by atoms with van der Waals surface area (Å²) in [6.07, 6.45) is 7.15. The number of carbonyl (C=O) groups is 1. The Bertz CT molecular complexity index is 685. The first-order valence-electron chi connectivity index (χ1n) is 9.54. The summed E-state index contributed by atoms with van der Waals surface area (Å²) in [5.41, 5.74) is 2.29. The molecule has 0 spiro atoms. The second-order valence-electron chi connectivity index (χ2n) is 7.60. The number of likely N-dealkylation sites (tertiary alicyclic amines) is 1. The number of carbonyl (C=O) groups excluding carboxylic acids is 1. The number of benzene rings is 1. The SMILES string of the molecule is Cc1ccc([C@H](C(=O)N2CCC(CCn3cccn3)CC2)N(C)C)cc1. The van der Waals surface area contributed by atoms with Gasteiger partial charge in [-0.05, 0) is 57.8 Å². The third kappa shape index (κ3) is 4.52. The average Bonchev–Trinajstić information content (AvgIpc) is 3.15. The minimum absolute atomic E-state index is 0.198. The predicted octanol–water partition coefficient (Wildman–Crippen LogP) is 3.12. The Morgan fingerprint density at radius 2 is 1.92 bits per heavy atom. The number of likely N-dealkylation sites (N-methyl/N-ethyl adjacent to an activating group) is 1. The summed E-state index contributed by atoms with van der Waals surface area (Å²) in [5, 5.41) is 4.27. The molecule has 140 valence electrons. The van der Waals surface area contributed by atoms with Gasteiger partial charge in [0.2, 0.25) is 5.91 Å². The highest BCUT2D eigenvalue weighted by Gasteiger charge is 2.30. The molecular weight excluding hydrogens is 324 g/mol. The summed E-state index contributed by atoms with van der Waals surface area (Å²) < 4.78 is 2.00. The first kappa shape index (κ1) is 18.6. The first-order valence-corrected chi connectivity index (χ1v) is 9.54. The third-order valence-corrected chi connectivity index (χ3v) is 5.40. The molecule has 0 bridgehead atoms. The van der Waals surface area contributed by atoms with Gasteiger partial charge in [-0.15, -0.1) is 0 Å². The summed E-state index contributed by atoms with van der Waals surface area (Å²) in [5.74, 6) is 0.907. The normalized spacial score (nSPS) is 16.8. The quantitative estimate of drug-likeness (QED) is 0.800. The van der Waals surface area contributed by atoms with Crippen molar-refractivity contribution in [1.82, 2.24) is 19.6 Å². The number of aromatic nitrogens is 2. The van der Waals surface area contributed by atoms with Crippen LogP contribution in [0.4, 0.5) is 0 Å². The van der Waals surface area contributed by atoms with Crippen LogP contribution in [0.5, 0.6) is 0 Å². The van der Waals surface area contributed by atoms with Gasteiger partial charge in [0.05, 0.1) is 0 Å². The predicted molar refractivity (Wildman–Crippen MR) is 104 cm³/mol. The summed E-state index contributed by atoms with van der Waals surface area (Å²) in [4.78, 5) is 17.2. The van der Waals surface area contributed by atoms with Crippen LogP contribution >= 0.6 is 0 Å². The molecule has 0 aliphatic carbocycles. The van der Waals surface area contributed by atoms with Crippen LogP contribution in [0.2, 0.25) is 0 Å². The molecule has 5 nitrogen and oxygen atoms in total. The van der Waals surface area contributed by atoms with E-state index in [0.717, 1.165) is 44.5 Å². The summed E-state index contributed by atoms with van der Waals surface area (Å²) in [6.45, 7) is 4.76. The van der Waals surface area contributed by atoms with E-state index < -0.39 is 0 Å². The minimum atomic E-state index is -0.198. The second-order valence-corrected chi connectivity index (χ2v) is 7.60. The molecule has 1 amide bonds. The van der Waals surface area contributed by atoms with Crippen LogP contribution in [0.25, 0.3) is 0 Å². The largest absolute Gasteiger partial charge is 0.341 e. The molecule has 3 rings (SSSR count). The molecule has 1 fully saturated rings. The summed E-state index contributed by atoms with van der Waals surface area (Å²) in [6, 6.07) is 10.1. The van der Waals surface area contributed by atoms with E-state index in [1.165, 1.54) is 5.56 Å². The number of aryl methyl sites for hydroxylation is 2. The van der Waals surface area contributed by atoms with Crippen molar-refractivity contribution in [3.8, 4) is 0 Å². The zero-order valence-electron chi connectivity index (χ0n) is 16.1. The smallest absolute Gasteiger partial charge is 0.244 e. The highest BCUT2D eigenvalue weighted by atomic mass is 16.2. The Hall–Kier alpha value is -2.14. The number of piperidine rings is 1. The van der Waals surface area contributed by atoms with E-state index in [9.17, 15) is 4.79 Å². The molecule has 0 saturated carbocycles. The van der Waals surface area contributed by atoms with Crippen molar-refractivity contribution >= 4 is 5.91 Å². The lowest BCUT2D eigenvalue weighted by Crippen LogP contribution is -2.44. The van der Waals surface area contributed by atoms with E-state index in [1.54, 1.807) is 0 Å². The monoisotopic (exact) mass is 354 g/mol. The lowest BCUT2D eigenvalue weighted by molar-refractivity contribution is -0.137. The van der Waals surface area contributed by atoms with Crippen molar-refractivity contribution in [1.29, 1.82) is 0 Å². The van der Waals surface area contributed by atoms with Gasteiger partial charge in [0, 0.05) is 32.0 Å². The number of nitrogens with zero attached hydrogens (tertiary/aromatic N) is 4. The van der Waals surface area contributed by atoms with Crippen LogP contribution in [0.15, 0.2) is 42.7 Å². The molecule has 2 heterocycles. The molecule has 0 radical (unpaired) electrons. The fourth-order valence-electron chi connectivity index (χ4n) is 3.77. The lowest BCUT2D eigenvalue weighted by Gasteiger charge is -2.36. The zero-order valence-corrected chi connectivity index (χ0v) is 16.1. The maximum absolute atomic E-state index is 13.1. The van der Waals surface area contributed by atoms with Crippen LogP contribution in [0.1, 0.15) is 36.4 Å². The van der Waals surface area contributed by atoms with E-state index in [0.29, 0.717) is 5.92 Å². The Morgan fingerprint density at radius 1 is 1.23 bits per heavy atom. The van der Waals surface area contributed by atoms with E-state index in [-0.39, 0.29) is 11.9 Å². The van der Waals surface area contributed by atoms with Crippen molar-refractivity contribution in [3.63, 3.8) is 0 Å². The molecule has 1 aromatic heterocycles. The summed E-state index contributed by atoms with van der Waals surface area (Å²) in [7, 11) is 3.97. The Labute approximate surface area is 156 Å². The van der Waals surface area contributed by atoms with Crippen molar-refractivity contribution in [2.75, 3.05) is 27.2 Å². The zero-order chi connectivity index (χ0) is 18.5. The van der Waals surface area contributed by atoms with Crippen LogP contribution in [-0.2, 0) is 11.3 Å². The van der Waals surface area contributed by atoms with Crippen LogP contribution < -0.4 is 0 Å². The van der Waals surface area contributed by atoms with Crippen molar-refractivity contribution < 1.29 is 4.79 Å². The molecular formula is C21H30N4O. The number of rotatable bonds is 6. The molecule has 0 unspecified atom stereocenters. The molecule has 1 aliphatic rings. The second kappa shape index (κ2) is 8.49. The van der Waals surface area contributed by atoms with Gasteiger partial charge in [0.1, 0.15) is 6.04 Å². The van der Waals surface area contributed by atoms with Gasteiger partial charge in [-0.3, -0.25) is 14.4 Å². The standard InChI is InChI=1S/C21H30N4O/c1-17-5-7-19(8-6-17)20(23(2)3)21(26)24-14-9-18(10-15-24)11-16-25-13-4-12-22-25/h4-8,12-13,18,20H,9-11,14-16H2,1-3H3/t20-/m1/s1. The van der Waals surface area contributed by atoms with Crippen LogP contribution in [-0.4, -0.2) is 52.7 Å². The Kier molecular flexibility index (Phi) is 6.09. The molecule has 1 aliphatic heterocycles. The van der Waals surface area contributed by atoms with E-state index in [4.69, 9.17) is 0 Å². The fraction of sp³-hybridized carbons (Fsp3) is 0.524. The Balaban J connectivity index is 1.56. The molecule has 0 N–H and O–H groups in total. The van der Waals surface area contributed by atoms with Gasteiger partial charge in [0.25, 0.3) is 0 Å². The molecule has 26 heavy (non-hydrogen) atoms. The van der Waals surface area contributed by atoms with Crippen molar-refractivity contribution in [2.45, 2.75) is 38.8 Å². The molecule has 1 aromatic carbocycles. The minimum Gasteiger partial charge on any atom is -0.341 e. The van der Waals surface area contributed by atoms with Crippen LogP contribution in [0, 0.1) is 12.8 Å². The highest BCUT2D eigenvalue weighted by Crippen LogP contribution is 2.26. The maximum Gasteiger partial charge on any atom is 0.244 e. The Morgan fingerprint density at radius 3 is 2.50 bits per heavy atom. The highest BCUT2D eigenvalue weighted by molar-refractivity contribution is 5.83. The van der Waals surface area contributed by atoms with E-state index >= 15 is 0 Å². The number of amides is 1. The number of hydrogen-bond donors (Lipinski definition) is 0. The van der Waals surface area contributed by atoms with Gasteiger partial charge < -0.3 is 4.90 Å². The van der Waals surface area contributed by atoms with Gasteiger partial charge in [-0.1, -0.05) is 29.8 Å². The number of hydrogen-bond acceptors (Lipinski definition) is 3. The first-order chi connectivity index (χ1) is 12.5. The summed E-state index contributed by atoms with van der Waals surface area (Å²) >= 11 is 0. The van der Waals surface area contributed by atoms with Gasteiger partial charge >= 0.3 is 0 Å². The lowest BCUT2D eigenvalue weighted by atomic mass is 9.92. The molecule has 1 atom stereocenters. The molecule has 1 saturated heterocycles. The molecule has 5 heteroatoms. The van der Waals surface area contributed by atoms with E-state index in [2.05, 4.69) is 41.2 Å². The average molecular weight is 354 g/mol. The van der Waals surface area contributed by atoms with E-state index in [1.807, 2.05) is 42.1 Å². The topological polar surface area (TPSA) is 41.4 Å². The van der Waals surface area contributed by atoms with Gasteiger partial charge in [0.15, 0.2) is 0 Å².